The van der Waals surface area contributed by atoms with Gasteiger partial charge in [0.1, 0.15) is 0 Å². The molecule has 1 saturated heterocycles. The molecule has 0 radical (unpaired) electrons. The van der Waals surface area contributed by atoms with E-state index in [9.17, 15) is 9.90 Å². The Kier molecular flexibility index (Phi) is 3.08. The molecule has 0 amide bonds. The van der Waals surface area contributed by atoms with E-state index in [0.717, 1.165) is 25.8 Å². The van der Waals surface area contributed by atoms with Gasteiger partial charge in [-0.3, -0.25) is 4.79 Å². The summed E-state index contributed by atoms with van der Waals surface area (Å²) in [5.41, 5.74) is 1.79. The molecule has 0 spiro atoms. The fourth-order valence-electron chi connectivity index (χ4n) is 6.59. The van der Waals surface area contributed by atoms with Gasteiger partial charge in [-0.25, -0.2) is 0 Å². The van der Waals surface area contributed by atoms with Crippen LogP contribution < -0.4 is 0 Å². The summed E-state index contributed by atoms with van der Waals surface area (Å²) in [5, 5.41) is 10.2. The Balaban J connectivity index is 1.72. The molecule has 1 heterocycles. The molecule has 122 valence electrons. The number of hydrogen-bond donors (Lipinski definition) is 1. The van der Waals surface area contributed by atoms with Crippen LogP contribution in [-0.4, -0.2) is 35.5 Å². The second-order valence-electron chi connectivity index (χ2n) is 8.96. The van der Waals surface area contributed by atoms with Crippen LogP contribution >= 0.6 is 0 Å². The Morgan fingerprint density at radius 2 is 2.05 bits per heavy atom. The third-order valence-corrected chi connectivity index (χ3v) is 7.67. The van der Waals surface area contributed by atoms with Gasteiger partial charge < -0.3 is 10.0 Å². The van der Waals surface area contributed by atoms with Gasteiger partial charge in [0, 0.05) is 37.2 Å². The second kappa shape index (κ2) is 4.59. The zero-order valence-corrected chi connectivity index (χ0v) is 14.1. The molecule has 1 aliphatic heterocycles. The van der Waals surface area contributed by atoms with Crippen LogP contribution in [0.15, 0.2) is 11.8 Å². The molecule has 0 aromatic rings. The molecular weight excluding hydrogens is 274 g/mol. The molecule has 1 N–H and O–H groups in total. The van der Waals surface area contributed by atoms with E-state index >= 15 is 0 Å². The maximum Gasteiger partial charge on any atom is 0.157 e. The topological polar surface area (TPSA) is 40.5 Å². The Morgan fingerprint density at radius 1 is 1.27 bits per heavy atom. The molecule has 3 nitrogen and oxygen atoms in total. The highest BCUT2D eigenvalue weighted by atomic mass is 16.3. The highest BCUT2D eigenvalue weighted by molar-refractivity contribution is 5.91. The lowest BCUT2D eigenvalue weighted by molar-refractivity contribution is -0.118. The monoisotopic (exact) mass is 303 g/mol. The second-order valence-corrected chi connectivity index (χ2v) is 8.96. The van der Waals surface area contributed by atoms with E-state index in [1.165, 1.54) is 18.5 Å². The number of aliphatic hydroxyl groups excluding tert-OH is 1. The van der Waals surface area contributed by atoms with E-state index in [0.29, 0.717) is 35.4 Å². The number of nitrogens with zero attached hydrogens (tertiary/aromatic N) is 1. The molecule has 0 aromatic heterocycles. The van der Waals surface area contributed by atoms with Gasteiger partial charge in [0.05, 0.1) is 6.10 Å². The van der Waals surface area contributed by atoms with Crippen LogP contribution in [0.1, 0.15) is 52.4 Å². The molecule has 3 heteroatoms. The first-order chi connectivity index (χ1) is 10.3. The molecule has 0 bridgehead atoms. The standard InChI is InChI=1S/C19H29NO2/c1-18-6-5-15-14(16(18)8-13(22)10-18)11-20(3)17-9-12(21)4-7-19(15,17)2/h9,13-16,22H,4-8,10-11H2,1-3H3/t13-,14+,15-,16-,18+,19+/m0/s1. The van der Waals surface area contributed by atoms with Crippen LogP contribution in [0, 0.1) is 28.6 Å². The van der Waals surface area contributed by atoms with E-state index < -0.39 is 0 Å². The van der Waals surface area contributed by atoms with E-state index in [4.69, 9.17) is 0 Å². The molecule has 0 unspecified atom stereocenters. The molecule has 3 aliphatic carbocycles. The number of allylic oxidation sites excluding steroid dienone is 2. The summed E-state index contributed by atoms with van der Waals surface area (Å²) in [6, 6.07) is 0. The first-order valence-electron chi connectivity index (χ1n) is 8.98. The maximum atomic E-state index is 11.9. The molecule has 6 atom stereocenters. The highest BCUT2D eigenvalue weighted by Crippen LogP contribution is 2.63. The van der Waals surface area contributed by atoms with Crippen LogP contribution in [0.4, 0.5) is 0 Å². The third-order valence-electron chi connectivity index (χ3n) is 7.67. The molecular formula is C19H29NO2. The van der Waals surface area contributed by atoms with E-state index in [1.54, 1.807) is 0 Å². The summed E-state index contributed by atoms with van der Waals surface area (Å²) >= 11 is 0. The minimum absolute atomic E-state index is 0.100. The first-order valence-corrected chi connectivity index (χ1v) is 8.98. The fourth-order valence-corrected chi connectivity index (χ4v) is 6.59. The smallest absolute Gasteiger partial charge is 0.157 e. The maximum absolute atomic E-state index is 11.9. The summed E-state index contributed by atoms with van der Waals surface area (Å²) in [6.07, 6.45) is 8.03. The lowest BCUT2D eigenvalue weighted by Gasteiger charge is -2.59. The van der Waals surface area contributed by atoms with Gasteiger partial charge in [-0.15, -0.1) is 0 Å². The van der Waals surface area contributed by atoms with Crippen LogP contribution in [0.5, 0.6) is 0 Å². The van der Waals surface area contributed by atoms with E-state index in [1.807, 2.05) is 6.08 Å². The number of carbonyl (C=O) groups excluding carboxylic acids is 1. The summed E-state index contributed by atoms with van der Waals surface area (Å²) in [5.74, 6) is 2.32. The van der Waals surface area contributed by atoms with Crippen molar-refractivity contribution < 1.29 is 9.90 Å². The molecule has 22 heavy (non-hydrogen) atoms. The largest absolute Gasteiger partial charge is 0.393 e. The van der Waals surface area contributed by atoms with Crippen molar-refractivity contribution in [3.05, 3.63) is 11.8 Å². The summed E-state index contributed by atoms with van der Waals surface area (Å²) < 4.78 is 0. The van der Waals surface area contributed by atoms with Crippen LogP contribution in [0.2, 0.25) is 0 Å². The number of piperidine rings is 1. The van der Waals surface area contributed by atoms with Crippen molar-refractivity contribution in [1.82, 2.24) is 4.90 Å². The van der Waals surface area contributed by atoms with E-state index in [2.05, 4.69) is 25.8 Å². The Bertz CT molecular complexity index is 542. The summed E-state index contributed by atoms with van der Waals surface area (Å²) in [7, 11) is 2.16. The van der Waals surface area contributed by atoms with Crippen LogP contribution in [0.3, 0.4) is 0 Å². The summed E-state index contributed by atoms with van der Waals surface area (Å²) in [4.78, 5) is 14.3. The van der Waals surface area contributed by atoms with Crippen molar-refractivity contribution in [2.24, 2.45) is 28.6 Å². The number of fused-ring (bicyclic) bond motifs is 5. The normalized spacial score (nSPS) is 51.0. The van der Waals surface area contributed by atoms with Crippen LogP contribution in [-0.2, 0) is 4.79 Å². The van der Waals surface area contributed by atoms with Gasteiger partial charge in [-0.2, -0.15) is 0 Å². The zero-order chi connectivity index (χ0) is 15.7. The van der Waals surface area contributed by atoms with Gasteiger partial charge in [0.25, 0.3) is 0 Å². The van der Waals surface area contributed by atoms with Crippen molar-refractivity contribution >= 4 is 5.78 Å². The lowest BCUT2D eigenvalue weighted by Crippen LogP contribution is -2.56. The summed E-state index contributed by atoms with van der Waals surface area (Å²) in [6.45, 7) is 5.86. The first kappa shape index (κ1) is 14.7. The molecule has 4 aliphatic rings. The van der Waals surface area contributed by atoms with Gasteiger partial charge >= 0.3 is 0 Å². The predicted octanol–water partition coefficient (Wildman–Crippen LogP) is 2.99. The number of rotatable bonds is 0. The number of aliphatic hydroxyl groups is 1. The number of ketones is 1. The van der Waals surface area contributed by atoms with Gasteiger partial charge in [-0.05, 0) is 55.3 Å². The van der Waals surface area contributed by atoms with Crippen molar-refractivity contribution in [2.75, 3.05) is 13.6 Å². The molecule has 0 aromatic carbocycles. The zero-order valence-electron chi connectivity index (χ0n) is 14.1. The Labute approximate surface area is 133 Å². The molecule has 2 saturated carbocycles. The number of hydrogen-bond acceptors (Lipinski definition) is 3. The Morgan fingerprint density at radius 3 is 2.82 bits per heavy atom. The van der Waals surface area contributed by atoms with Crippen LogP contribution in [0.25, 0.3) is 0 Å². The number of likely N-dealkylation sites (tertiary alicyclic amines) is 1. The lowest BCUT2D eigenvalue weighted by atomic mass is 9.50. The average molecular weight is 303 g/mol. The van der Waals surface area contributed by atoms with Crippen molar-refractivity contribution in [2.45, 2.75) is 58.5 Å². The van der Waals surface area contributed by atoms with Gasteiger partial charge in [0.15, 0.2) is 5.78 Å². The minimum atomic E-state index is -0.100. The molecule has 3 fully saturated rings. The third kappa shape index (κ3) is 1.87. The fraction of sp³-hybridized carbons (Fsp3) is 0.842. The average Bonchev–Trinajstić information content (AvgIpc) is 2.76. The quantitative estimate of drug-likeness (QED) is 0.748. The van der Waals surface area contributed by atoms with Gasteiger partial charge in [-0.1, -0.05) is 13.8 Å². The number of carbonyl (C=O) groups is 1. The van der Waals surface area contributed by atoms with Crippen molar-refractivity contribution in [3.8, 4) is 0 Å². The van der Waals surface area contributed by atoms with Crippen molar-refractivity contribution in [1.29, 1.82) is 0 Å². The minimum Gasteiger partial charge on any atom is -0.393 e. The Hall–Kier alpha value is -0.830. The highest BCUT2D eigenvalue weighted by Gasteiger charge is 2.58. The van der Waals surface area contributed by atoms with Gasteiger partial charge in [0.2, 0.25) is 0 Å². The SMILES string of the molecule is CN1C[C@H]2[C@@H]3C[C@H](O)C[C@@]3(C)CC[C@@H]2[C@@]2(C)CCC(=O)C=C12. The van der Waals surface area contributed by atoms with Crippen molar-refractivity contribution in [3.63, 3.8) is 0 Å². The van der Waals surface area contributed by atoms with E-state index in [-0.39, 0.29) is 11.5 Å². The predicted molar refractivity (Wildman–Crippen MR) is 86.1 cm³/mol. The molecule has 4 rings (SSSR count).